The van der Waals surface area contributed by atoms with E-state index in [-0.39, 0.29) is 11.8 Å². The fourth-order valence-corrected chi connectivity index (χ4v) is 3.02. The summed E-state index contributed by atoms with van der Waals surface area (Å²) in [4.78, 5) is 8.85. The molecule has 0 bridgehead atoms. The molecule has 0 spiro atoms. The first-order chi connectivity index (χ1) is 10.6. The number of nitrogens with zero attached hydrogens (tertiary/aromatic N) is 3. The Balaban J connectivity index is 2.00. The number of para-hydroxylation sites is 2. The molecule has 1 aromatic heterocycles. The maximum Gasteiger partial charge on any atom is 0.212 e. The highest BCUT2D eigenvalue weighted by molar-refractivity contribution is 9.10. The number of guanidine groups is 1. The van der Waals surface area contributed by atoms with Gasteiger partial charge in [-0.25, -0.2) is 14.4 Å². The number of hydrogen-bond donors (Lipinski definition) is 2. The van der Waals surface area contributed by atoms with Crippen LogP contribution in [0.1, 0.15) is 11.7 Å². The summed E-state index contributed by atoms with van der Waals surface area (Å²) >= 11 is 3.37. The molecule has 1 atom stereocenters. The van der Waals surface area contributed by atoms with Gasteiger partial charge in [-0.15, -0.1) is 0 Å². The van der Waals surface area contributed by atoms with E-state index in [0.717, 1.165) is 15.5 Å². The van der Waals surface area contributed by atoms with Crippen LogP contribution >= 0.6 is 15.9 Å². The van der Waals surface area contributed by atoms with Crippen molar-refractivity contribution >= 4 is 38.9 Å². The number of aliphatic imine (C=N–C) groups is 1. The van der Waals surface area contributed by atoms with Crippen molar-refractivity contribution in [2.45, 2.75) is 6.17 Å². The van der Waals surface area contributed by atoms with Crippen LogP contribution in [0.25, 0.3) is 11.0 Å². The van der Waals surface area contributed by atoms with Crippen molar-refractivity contribution in [3.63, 3.8) is 0 Å². The highest BCUT2D eigenvalue weighted by atomic mass is 79.9. The molecule has 110 valence electrons. The number of imidazole rings is 1. The topological polar surface area (TPSA) is 68.2 Å². The van der Waals surface area contributed by atoms with E-state index < -0.39 is 6.17 Å². The maximum absolute atomic E-state index is 14.3. The Morgan fingerprint density at radius 1 is 1.23 bits per heavy atom. The van der Waals surface area contributed by atoms with Crippen LogP contribution < -0.4 is 11.1 Å². The zero-order chi connectivity index (χ0) is 15.3. The third-order valence-corrected chi connectivity index (χ3v) is 4.07. The molecular formula is C15H11BrFN5. The van der Waals surface area contributed by atoms with E-state index >= 15 is 0 Å². The molecule has 22 heavy (non-hydrogen) atoms. The largest absolute Gasteiger partial charge is 0.370 e. The Morgan fingerprint density at radius 3 is 2.91 bits per heavy atom. The van der Waals surface area contributed by atoms with Crippen LogP contribution in [0.2, 0.25) is 0 Å². The van der Waals surface area contributed by atoms with E-state index in [9.17, 15) is 4.39 Å². The quantitative estimate of drug-likeness (QED) is 0.700. The highest BCUT2D eigenvalue weighted by Gasteiger charge is 2.27. The van der Waals surface area contributed by atoms with Crippen molar-refractivity contribution < 1.29 is 4.39 Å². The normalized spacial score (nSPS) is 17.0. The second-order valence-electron chi connectivity index (χ2n) is 4.97. The number of hydrogen-bond acceptors (Lipinski definition) is 4. The van der Waals surface area contributed by atoms with Gasteiger partial charge in [0.25, 0.3) is 0 Å². The second-order valence-corrected chi connectivity index (χ2v) is 5.89. The first-order valence-corrected chi connectivity index (χ1v) is 7.45. The van der Waals surface area contributed by atoms with Gasteiger partial charge in [0.2, 0.25) is 5.95 Å². The van der Waals surface area contributed by atoms with Gasteiger partial charge in [0.05, 0.1) is 11.0 Å². The summed E-state index contributed by atoms with van der Waals surface area (Å²) in [5.41, 5.74) is 7.94. The predicted molar refractivity (Wildman–Crippen MR) is 87.2 cm³/mol. The summed E-state index contributed by atoms with van der Waals surface area (Å²) < 4.78 is 16.9. The summed E-state index contributed by atoms with van der Waals surface area (Å²) in [6.45, 7) is 0. The van der Waals surface area contributed by atoms with E-state index in [2.05, 4.69) is 31.2 Å². The fourth-order valence-electron chi connectivity index (χ4n) is 2.64. The fraction of sp³-hybridized carbons (Fsp3) is 0.0667. The SMILES string of the molecule is NC1=N[C@H](c2cc(Br)ccc2F)n2c(nc3ccccc32)N1. The van der Waals surface area contributed by atoms with Crippen LogP contribution in [0.3, 0.4) is 0 Å². The average molecular weight is 360 g/mol. The van der Waals surface area contributed by atoms with Gasteiger partial charge in [0.1, 0.15) is 5.82 Å². The summed E-state index contributed by atoms with van der Waals surface area (Å²) in [6, 6.07) is 12.4. The predicted octanol–water partition coefficient (Wildman–Crippen LogP) is 3.23. The summed E-state index contributed by atoms with van der Waals surface area (Å²) in [5, 5.41) is 2.93. The smallest absolute Gasteiger partial charge is 0.212 e. The third kappa shape index (κ3) is 1.97. The van der Waals surface area contributed by atoms with Crippen LogP contribution in [0.15, 0.2) is 51.9 Å². The van der Waals surface area contributed by atoms with Gasteiger partial charge in [-0.1, -0.05) is 28.1 Å². The summed E-state index contributed by atoms with van der Waals surface area (Å²) in [6.07, 6.45) is -0.596. The van der Waals surface area contributed by atoms with Gasteiger partial charge in [0, 0.05) is 10.0 Å². The van der Waals surface area contributed by atoms with E-state index in [1.807, 2.05) is 28.8 Å². The van der Waals surface area contributed by atoms with Gasteiger partial charge in [-0.2, -0.15) is 0 Å². The number of aromatic nitrogens is 2. The Bertz CT molecular complexity index is 917. The van der Waals surface area contributed by atoms with Crippen molar-refractivity contribution in [3.05, 3.63) is 58.3 Å². The molecule has 2 heterocycles. The Morgan fingerprint density at radius 2 is 2.05 bits per heavy atom. The van der Waals surface area contributed by atoms with Crippen molar-refractivity contribution in [2.75, 3.05) is 5.32 Å². The molecule has 3 N–H and O–H groups in total. The number of benzene rings is 2. The molecule has 7 heteroatoms. The van der Waals surface area contributed by atoms with Gasteiger partial charge < -0.3 is 5.73 Å². The number of halogens is 2. The van der Waals surface area contributed by atoms with Gasteiger partial charge in [0.15, 0.2) is 12.1 Å². The average Bonchev–Trinajstić information content (AvgIpc) is 2.87. The van der Waals surface area contributed by atoms with E-state index in [4.69, 9.17) is 5.73 Å². The molecule has 0 unspecified atom stereocenters. The second kappa shape index (κ2) is 4.81. The van der Waals surface area contributed by atoms with Crippen molar-refractivity contribution in [3.8, 4) is 0 Å². The molecule has 0 saturated heterocycles. The van der Waals surface area contributed by atoms with Crippen LogP contribution in [0.5, 0.6) is 0 Å². The molecule has 5 nitrogen and oxygen atoms in total. The summed E-state index contributed by atoms with van der Waals surface area (Å²) in [5.74, 6) is 0.431. The molecular weight excluding hydrogens is 349 g/mol. The van der Waals surface area contributed by atoms with Crippen LogP contribution in [-0.4, -0.2) is 15.5 Å². The molecule has 2 aromatic carbocycles. The lowest BCUT2D eigenvalue weighted by molar-refractivity contribution is 0.551. The minimum absolute atomic E-state index is 0.215. The zero-order valence-electron chi connectivity index (χ0n) is 11.3. The number of anilines is 1. The molecule has 4 rings (SSSR count). The Hall–Kier alpha value is -2.41. The van der Waals surface area contributed by atoms with Crippen LogP contribution in [0.4, 0.5) is 10.3 Å². The van der Waals surface area contributed by atoms with Gasteiger partial charge >= 0.3 is 0 Å². The maximum atomic E-state index is 14.3. The van der Waals surface area contributed by atoms with Crippen molar-refractivity contribution in [1.29, 1.82) is 0 Å². The molecule has 1 aliphatic rings. The highest BCUT2D eigenvalue weighted by Crippen LogP contribution is 2.34. The molecule has 0 saturated carbocycles. The molecule has 0 radical (unpaired) electrons. The molecule has 0 amide bonds. The molecule has 3 aromatic rings. The van der Waals surface area contributed by atoms with E-state index in [1.54, 1.807) is 12.1 Å². The van der Waals surface area contributed by atoms with Crippen LogP contribution in [-0.2, 0) is 0 Å². The van der Waals surface area contributed by atoms with Gasteiger partial charge in [-0.05, 0) is 30.3 Å². The zero-order valence-corrected chi connectivity index (χ0v) is 12.9. The number of nitrogens with two attached hydrogens (primary N) is 1. The Kier molecular flexibility index (Phi) is 2.90. The number of nitrogens with one attached hydrogen (secondary N) is 1. The third-order valence-electron chi connectivity index (χ3n) is 3.58. The first kappa shape index (κ1) is 13.3. The minimum Gasteiger partial charge on any atom is -0.370 e. The standard InChI is InChI=1S/C15H11BrFN5/c16-8-5-6-10(17)9(7-8)13-20-14(18)21-15-19-11-3-1-2-4-12(11)22(13)15/h1-7,13H,(H3,18,19,20,21)/t13-/m0/s1. The van der Waals surface area contributed by atoms with E-state index in [0.29, 0.717) is 11.5 Å². The lowest BCUT2D eigenvalue weighted by atomic mass is 10.1. The molecule has 1 aliphatic heterocycles. The minimum atomic E-state index is -0.596. The summed E-state index contributed by atoms with van der Waals surface area (Å²) in [7, 11) is 0. The van der Waals surface area contributed by atoms with Gasteiger partial charge in [-0.3, -0.25) is 9.88 Å². The number of rotatable bonds is 1. The number of fused-ring (bicyclic) bond motifs is 3. The van der Waals surface area contributed by atoms with Crippen molar-refractivity contribution in [1.82, 2.24) is 9.55 Å². The monoisotopic (exact) mass is 359 g/mol. The lowest BCUT2D eigenvalue weighted by Crippen LogP contribution is -2.31. The van der Waals surface area contributed by atoms with E-state index in [1.165, 1.54) is 6.07 Å². The lowest BCUT2D eigenvalue weighted by Gasteiger charge is -2.24. The Labute approximate surface area is 133 Å². The molecule has 0 fully saturated rings. The first-order valence-electron chi connectivity index (χ1n) is 6.66. The van der Waals surface area contributed by atoms with Crippen molar-refractivity contribution in [2.24, 2.45) is 10.7 Å². The van der Waals surface area contributed by atoms with Crippen LogP contribution in [0, 0.1) is 5.82 Å². The molecule has 0 aliphatic carbocycles.